The predicted molar refractivity (Wildman–Crippen MR) is 88.8 cm³/mol. The van der Waals surface area contributed by atoms with Crippen LogP contribution in [0, 0.1) is 0 Å². The maximum Gasteiger partial charge on any atom is 0.359 e. The zero-order valence-corrected chi connectivity index (χ0v) is 13.8. The highest BCUT2D eigenvalue weighted by atomic mass is 16.5. The van der Waals surface area contributed by atoms with Gasteiger partial charge in [0.25, 0.3) is 11.5 Å². The van der Waals surface area contributed by atoms with Gasteiger partial charge in [-0.15, -0.1) is 0 Å². The lowest BCUT2D eigenvalue weighted by molar-refractivity contribution is -0.123. The normalized spacial score (nSPS) is 11.6. The number of esters is 1. The molecule has 24 heavy (non-hydrogen) atoms. The van der Waals surface area contributed by atoms with Crippen molar-refractivity contribution in [3.8, 4) is 0 Å². The van der Waals surface area contributed by atoms with Crippen molar-refractivity contribution < 1.29 is 14.3 Å². The fraction of sp³-hybridized carbons (Fsp3) is 0.294. The molecule has 7 nitrogen and oxygen atoms in total. The van der Waals surface area contributed by atoms with Gasteiger partial charge in [-0.25, -0.2) is 9.48 Å². The van der Waals surface area contributed by atoms with Crippen molar-refractivity contribution in [1.29, 1.82) is 0 Å². The average molecular weight is 329 g/mol. The fourth-order valence-corrected chi connectivity index (χ4v) is 1.95. The molecule has 0 aliphatic heterocycles. The van der Waals surface area contributed by atoms with Gasteiger partial charge < -0.3 is 10.1 Å². The van der Waals surface area contributed by atoms with Crippen LogP contribution < -0.4 is 10.9 Å². The van der Waals surface area contributed by atoms with Gasteiger partial charge in [0.05, 0.1) is 0 Å². The summed E-state index contributed by atoms with van der Waals surface area (Å²) < 4.78 is 6.11. The molecule has 0 saturated carbocycles. The van der Waals surface area contributed by atoms with Crippen LogP contribution in [-0.2, 0) is 23.0 Å². The molecule has 1 unspecified atom stereocenters. The molecule has 0 aliphatic carbocycles. The van der Waals surface area contributed by atoms with Gasteiger partial charge in [0.1, 0.15) is 0 Å². The summed E-state index contributed by atoms with van der Waals surface area (Å²) in [5.41, 5.74) is 1.41. The van der Waals surface area contributed by atoms with E-state index in [2.05, 4.69) is 10.4 Å². The first-order valence-electron chi connectivity index (χ1n) is 7.56. The first kappa shape index (κ1) is 17.4. The molecule has 7 heteroatoms. The maximum absolute atomic E-state index is 12.1. The molecule has 0 aliphatic rings. The molecule has 1 atom stereocenters. The van der Waals surface area contributed by atoms with Crippen molar-refractivity contribution in [2.24, 2.45) is 7.05 Å². The second-order valence-electron chi connectivity index (χ2n) is 5.27. The van der Waals surface area contributed by atoms with E-state index >= 15 is 0 Å². The monoisotopic (exact) mass is 329 g/mol. The number of amides is 1. The summed E-state index contributed by atoms with van der Waals surface area (Å²) >= 11 is 0. The smallest absolute Gasteiger partial charge is 0.359 e. The Labute approximate surface area is 139 Å². The third kappa shape index (κ3) is 4.28. The molecule has 2 aromatic rings. The van der Waals surface area contributed by atoms with Gasteiger partial charge in [-0.05, 0) is 37.1 Å². The van der Waals surface area contributed by atoms with Crippen LogP contribution in [-0.4, -0.2) is 27.8 Å². The number of carbonyl (C=O) groups is 2. The molecular weight excluding hydrogens is 310 g/mol. The van der Waals surface area contributed by atoms with Gasteiger partial charge in [-0.1, -0.05) is 19.1 Å². The zero-order chi connectivity index (χ0) is 17.7. The van der Waals surface area contributed by atoms with E-state index in [1.165, 1.54) is 26.1 Å². The lowest BCUT2D eigenvalue weighted by atomic mass is 10.1. The summed E-state index contributed by atoms with van der Waals surface area (Å²) in [6, 6.07) is 9.89. The number of hydrogen-bond donors (Lipinski definition) is 1. The number of aryl methyl sites for hydroxylation is 2. The third-order valence-corrected chi connectivity index (χ3v) is 3.45. The third-order valence-electron chi connectivity index (χ3n) is 3.45. The van der Waals surface area contributed by atoms with Gasteiger partial charge in [0, 0.05) is 18.8 Å². The minimum atomic E-state index is -0.998. The Hall–Kier alpha value is -2.96. The quantitative estimate of drug-likeness (QED) is 0.840. The van der Waals surface area contributed by atoms with Crippen LogP contribution in [0.2, 0.25) is 0 Å². The minimum Gasteiger partial charge on any atom is -0.448 e. The van der Waals surface area contributed by atoms with Crippen molar-refractivity contribution in [2.45, 2.75) is 26.4 Å². The average Bonchev–Trinajstić information content (AvgIpc) is 2.57. The number of hydrogen-bond acceptors (Lipinski definition) is 5. The predicted octanol–water partition coefficient (Wildman–Crippen LogP) is 1.53. The van der Waals surface area contributed by atoms with Crippen LogP contribution in [0.5, 0.6) is 0 Å². The second kappa shape index (κ2) is 7.54. The van der Waals surface area contributed by atoms with Crippen LogP contribution in [0.25, 0.3) is 0 Å². The summed E-state index contributed by atoms with van der Waals surface area (Å²) in [4.78, 5) is 35.3. The highest BCUT2D eigenvalue weighted by Crippen LogP contribution is 2.11. The molecule has 1 N–H and O–H groups in total. The highest BCUT2D eigenvalue weighted by Gasteiger charge is 2.20. The van der Waals surface area contributed by atoms with Crippen LogP contribution in [0.4, 0.5) is 5.69 Å². The van der Waals surface area contributed by atoms with E-state index in [1.807, 2.05) is 19.1 Å². The number of rotatable bonds is 5. The van der Waals surface area contributed by atoms with Crippen LogP contribution in [0.15, 0.2) is 41.2 Å². The second-order valence-corrected chi connectivity index (χ2v) is 5.27. The van der Waals surface area contributed by atoms with Crippen LogP contribution in [0.3, 0.4) is 0 Å². The number of benzene rings is 1. The standard InChI is InChI=1S/C17H19N3O4/c1-4-12-5-7-13(8-6-12)18-16(22)11(2)24-17(23)14-9-10-15(21)20(3)19-14/h5-11H,4H2,1-3H3,(H,18,22). The Bertz CT molecular complexity index is 796. The van der Waals surface area contributed by atoms with Crippen molar-refractivity contribution in [1.82, 2.24) is 9.78 Å². The van der Waals surface area contributed by atoms with E-state index in [1.54, 1.807) is 12.1 Å². The van der Waals surface area contributed by atoms with Crippen molar-refractivity contribution in [2.75, 3.05) is 5.32 Å². The van der Waals surface area contributed by atoms with E-state index in [0.717, 1.165) is 16.7 Å². The van der Waals surface area contributed by atoms with Crippen LogP contribution in [0.1, 0.15) is 29.9 Å². The maximum atomic E-state index is 12.1. The van der Waals surface area contributed by atoms with Crippen LogP contribution >= 0.6 is 0 Å². The molecule has 0 fully saturated rings. The van der Waals surface area contributed by atoms with E-state index in [-0.39, 0.29) is 11.3 Å². The van der Waals surface area contributed by atoms with Gasteiger partial charge >= 0.3 is 5.97 Å². The number of nitrogens with zero attached hydrogens (tertiary/aromatic N) is 2. The van der Waals surface area contributed by atoms with Crippen molar-refractivity contribution in [3.05, 3.63) is 58.0 Å². The van der Waals surface area contributed by atoms with E-state index in [0.29, 0.717) is 5.69 Å². The molecule has 0 radical (unpaired) electrons. The number of carbonyl (C=O) groups excluding carboxylic acids is 2. The number of nitrogens with one attached hydrogen (secondary N) is 1. The Kier molecular flexibility index (Phi) is 5.47. The summed E-state index contributed by atoms with van der Waals surface area (Å²) in [5, 5.41) is 6.46. The van der Waals surface area contributed by atoms with Gasteiger partial charge in [-0.2, -0.15) is 5.10 Å². The SMILES string of the molecule is CCc1ccc(NC(=O)C(C)OC(=O)c2ccc(=O)n(C)n2)cc1. The fourth-order valence-electron chi connectivity index (χ4n) is 1.95. The molecule has 126 valence electrons. The Balaban J connectivity index is 1.98. The van der Waals surface area contributed by atoms with Crippen molar-refractivity contribution in [3.63, 3.8) is 0 Å². The van der Waals surface area contributed by atoms with Gasteiger partial charge in [0.2, 0.25) is 0 Å². The minimum absolute atomic E-state index is 0.0379. The molecule has 1 aromatic heterocycles. The summed E-state index contributed by atoms with van der Waals surface area (Å²) in [7, 11) is 1.43. The molecular formula is C17H19N3O4. The van der Waals surface area contributed by atoms with Gasteiger partial charge in [-0.3, -0.25) is 9.59 Å². The molecule has 0 spiro atoms. The topological polar surface area (TPSA) is 90.3 Å². The largest absolute Gasteiger partial charge is 0.448 e. The first-order chi connectivity index (χ1) is 11.4. The summed E-state index contributed by atoms with van der Waals surface area (Å²) in [5.74, 6) is -1.22. The van der Waals surface area contributed by atoms with Gasteiger partial charge in [0.15, 0.2) is 11.8 Å². The highest BCUT2D eigenvalue weighted by molar-refractivity contribution is 5.96. The summed E-state index contributed by atoms with van der Waals surface area (Å²) in [6.45, 7) is 3.51. The molecule has 0 bridgehead atoms. The Morgan fingerprint density at radius 3 is 2.46 bits per heavy atom. The van der Waals surface area contributed by atoms with E-state index in [9.17, 15) is 14.4 Å². The number of anilines is 1. The van der Waals surface area contributed by atoms with Crippen molar-refractivity contribution >= 4 is 17.6 Å². The van der Waals surface area contributed by atoms with E-state index < -0.39 is 18.0 Å². The molecule has 0 saturated heterocycles. The summed E-state index contributed by atoms with van der Waals surface area (Å²) in [6.07, 6.45) is -0.0863. The molecule has 1 heterocycles. The lowest BCUT2D eigenvalue weighted by Gasteiger charge is -2.13. The Morgan fingerprint density at radius 2 is 1.88 bits per heavy atom. The first-order valence-corrected chi connectivity index (χ1v) is 7.56. The van der Waals surface area contributed by atoms with E-state index in [4.69, 9.17) is 4.74 Å². The number of aromatic nitrogens is 2. The molecule has 1 aromatic carbocycles. The lowest BCUT2D eigenvalue weighted by Crippen LogP contribution is -2.31. The Morgan fingerprint density at radius 1 is 1.21 bits per heavy atom. The molecule has 2 rings (SSSR count). The number of ether oxygens (including phenoxy) is 1. The zero-order valence-electron chi connectivity index (χ0n) is 13.8. The molecule has 1 amide bonds.